The summed E-state index contributed by atoms with van der Waals surface area (Å²) in [6, 6.07) is 0.545. The highest BCUT2D eigenvalue weighted by atomic mass is 32.2. The second-order valence-electron chi connectivity index (χ2n) is 6.23. The summed E-state index contributed by atoms with van der Waals surface area (Å²) < 4.78 is 33.1. The molecule has 0 saturated carbocycles. The summed E-state index contributed by atoms with van der Waals surface area (Å²) in [6.07, 6.45) is 6.78. The molecule has 2 atom stereocenters. The second-order valence-corrected chi connectivity index (χ2v) is 8.40. The summed E-state index contributed by atoms with van der Waals surface area (Å²) in [4.78, 5) is 0. The Morgan fingerprint density at radius 1 is 1.00 bits per heavy atom. The summed E-state index contributed by atoms with van der Waals surface area (Å²) in [7, 11) is -3.16. The first kappa shape index (κ1) is 14.8. The van der Waals surface area contributed by atoms with Crippen molar-refractivity contribution < 1.29 is 13.2 Å². The summed E-state index contributed by atoms with van der Waals surface area (Å²) in [5.41, 5.74) is 0. The van der Waals surface area contributed by atoms with Crippen LogP contribution in [0.2, 0.25) is 0 Å². The van der Waals surface area contributed by atoms with Crippen LogP contribution >= 0.6 is 0 Å². The number of sulfonamides is 1. The van der Waals surface area contributed by atoms with Crippen molar-refractivity contribution in [3.05, 3.63) is 0 Å². The van der Waals surface area contributed by atoms with Crippen molar-refractivity contribution in [2.24, 2.45) is 0 Å². The highest BCUT2D eigenvalue weighted by Crippen LogP contribution is 2.30. The molecule has 0 aliphatic carbocycles. The lowest BCUT2D eigenvalue weighted by molar-refractivity contribution is 0.0958. The predicted octanol–water partition coefficient (Wildman–Crippen LogP) is 1.10. The van der Waals surface area contributed by atoms with Crippen molar-refractivity contribution >= 4 is 10.0 Å². The highest BCUT2D eigenvalue weighted by Gasteiger charge is 2.41. The first-order valence-corrected chi connectivity index (χ1v) is 9.52. The van der Waals surface area contributed by atoms with Gasteiger partial charge in [0.25, 0.3) is 0 Å². The Labute approximate surface area is 122 Å². The van der Waals surface area contributed by atoms with Gasteiger partial charge < -0.3 is 10.1 Å². The van der Waals surface area contributed by atoms with E-state index in [1.54, 1.807) is 0 Å². The molecular formula is C14H26N2O3S. The summed E-state index contributed by atoms with van der Waals surface area (Å²) in [6.45, 7) is 2.92. The van der Waals surface area contributed by atoms with Gasteiger partial charge >= 0.3 is 0 Å². The minimum atomic E-state index is -3.16. The maximum Gasteiger partial charge on any atom is 0.217 e. The van der Waals surface area contributed by atoms with Crippen molar-refractivity contribution in [3.63, 3.8) is 0 Å². The van der Waals surface area contributed by atoms with Gasteiger partial charge in [0.05, 0.1) is 5.25 Å². The van der Waals surface area contributed by atoms with E-state index in [0.29, 0.717) is 38.6 Å². The van der Waals surface area contributed by atoms with Crippen molar-refractivity contribution in [2.45, 2.75) is 62.3 Å². The van der Waals surface area contributed by atoms with E-state index < -0.39 is 10.0 Å². The smallest absolute Gasteiger partial charge is 0.217 e. The molecule has 0 aromatic carbocycles. The normalized spacial score (nSPS) is 34.4. The van der Waals surface area contributed by atoms with E-state index in [1.165, 1.54) is 6.42 Å². The quantitative estimate of drug-likeness (QED) is 0.848. The first-order valence-electron chi connectivity index (χ1n) is 8.01. The fourth-order valence-corrected chi connectivity index (χ4v) is 6.04. The number of rotatable bonds is 3. The van der Waals surface area contributed by atoms with E-state index in [1.807, 2.05) is 4.31 Å². The molecule has 0 aromatic heterocycles. The molecule has 3 rings (SSSR count). The van der Waals surface area contributed by atoms with Crippen LogP contribution in [0.1, 0.15) is 44.9 Å². The van der Waals surface area contributed by atoms with Crippen molar-refractivity contribution in [1.29, 1.82) is 0 Å². The Bertz CT molecular complexity index is 414. The monoisotopic (exact) mass is 302 g/mol. The van der Waals surface area contributed by atoms with Crippen molar-refractivity contribution in [1.82, 2.24) is 9.62 Å². The zero-order valence-electron chi connectivity index (χ0n) is 12.1. The molecule has 0 spiro atoms. The first-order chi connectivity index (χ1) is 9.69. The zero-order chi connectivity index (χ0) is 14.0. The van der Waals surface area contributed by atoms with Crippen LogP contribution in [0.4, 0.5) is 0 Å². The highest BCUT2D eigenvalue weighted by molar-refractivity contribution is 7.89. The van der Waals surface area contributed by atoms with Gasteiger partial charge in [-0.25, -0.2) is 8.42 Å². The average Bonchev–Trinajstić information content (AvgIpc) is 3.02. The third-order valence-corrected chi connectivity index (χ3v) is 7.40. The molecule has 3 heterocycles. The van der Waals surface area contributed by atoms with E-state index in [0.717, 1.165) is 32.2 Å². The van der Waals surface area contributed by atoms with Crippen LogP contribution in [0.5, 0.6) is 0 Å². The number of hydrogen-bond donors (Lipinski definition) is 1. The van der Waals surface area contributed by atoms with Gasteiger partial charge in [-0.2, -0.15) is 4.31 Å². The van der Waals surface area contributed by atoms with Gasteiger partial charge in [-0.1, -0.05) is 6.42 Å². The van der Waals surface area contributed by atoms with Crippen molar-refractivity contribution in [3.8, 4) is 0 Å². The van der Waals surface area contributed by atoms with Gasteiger partial charge in [0.2, 0.25) is 10.0 Å². The second kappa shape index (κ2) is 6.30. The van der Waals surface area contributed by atoms with Crippen LogP contribution in [-0.2, 0) is 14.8 Å². The maximum absolute atomic E-state index is 13.0. The van der Waals surface area contributed by atoms with Crippen molar-refractivity contribution in [2.75, 3.05) is 26.3 Å². The van der Waals surface area contributed by atoms with Gasteiger partial charge in [-0.3, -0.25) is 0 Å². The number of piperidine rings is 1. The Hall–Kier alpha value is -0.170. The fraction of sp³-hybridized carbons (Fsp3) is 1.00. The van der Waals surface area contributed by atoms with E-state index >= 15 is 0 Å². The van der Waals surface area contributed by atoms with E-state index in [2.05, 4.69) is 5.32 Å². The van der Waals surface area contributed by atoms with E-state index in [4.69, 9.17) is 4.74 Å². The predicted molar refractivity (Wildman–Crippen MR) is 78.1 cm³/mol. The van der Waals surface area contributed by atoms with Crippen LogP contribution in [0, 0.1) is 0 Å². The van der Waals surface area contributed by atoms with Crippen LogP contribution in [0.25, 0.3) is 0 Å². The average molecular weight is 302 g/mol. The lowest BCUT2D eigenvalue weighted by Crippen LogP contribution is -2.55. The van der Waals surface area contributed by atoms with Crippen LogP contribution in [-0.4, -0.2) is 56.4 Å². The Morgan fingerprint density at radius 2 is 1.80 bits per heavy atom. The molecule has 0 bridgehead atoms. The zero-order valence-corrected chi connectivity index (χ0v) is 12.9. The lowest BCUT2D eigenvalue weighted by atomic mass is 9.97. The Morgan fingerprint density at radius 3 is 2.50 bits per heavy atom. The minimum absolute atomic E-state index is 0.180. The molecular weight excluding hydrogens is 276 g/mol. The molecule has 3 aliphatic rings. The van der Waals surface area contributed by atoms with Gasteiger partial charge in [0, 0.05) is 31.8 Å². The SMILES string of the molecule is O=S(=O)(C1CCOCC1)N1CCCCC1C1CCCN1. The molecule has 3 fully saturated rings. The maximum atomic E-state index is 13.0. The molecule has 6 heteroatoms. The lowest BCUT2D eigenvalue weighted by Gasteiger charge is -2.40. The largest absolute Gasteiger partial charge is 0.381 e. The fourth-order valence-electron chi connectivity index (χ4n) is 3.85. The van der Waals surface area contributed by atoms with Crippen LogP contribution in [0.3, 0.4) is 0 Å². The number of ether oxygens (including phenoxy) is 1. The van der Waals surface area contributed by atoms with Gasteiger partial charge in [-0.15, -0.1) is 0 Å². The molecule has 1 N–H and O–H groups in total. The summed E-state index contributed by atoms with van der Waals surface area (Å²) >= 11 is 0. The molecule has 0 aromatic rings. The molecule has 3 aliphatic heterocycles. The van der Waals surface area contributed by atoms with Gasteiger partial charge in [0.1, 0.15) is 0 Å². The third-order valence-electron chi connectivity index (χ3n) is 4.98. The summed E-state index contributed by atoms with van der Waals surface area (Å²) in [5.74, 6) is 0. The van der Waals surface area contributed by atoms with E-state index in [-0.39, 0.29) is 11.3 Å². The molecule has 0 amide bonds. The Kier molecular flexibility index (Phi) is 4.65. The molecule has 3 saturated heterocycles. The van der Waals surface area contributed by atoms with Crippen LogP contribution < -0.4 is 5.32 Å². The standard InChI is InChI=1S/C14H26N2O3S/c17-20(18,12-6-10-19-11-7-12)16-9-2-1-5-14(16)13-4-3-8-15-13/h12-15H,1-11H2. The topological polar surface area (TPSA) is 58.6 Å². The number of nitrogens with zero attached hydrogens (tertiary/aromatic N) is 1. The number of nitrogens with one attached hydrogen (secondary N) is 1. The van der Waals surface area contributed by atoms with Gasteiger partial charge in [0.15, 0.2) is 0 Å². The molecule has 20 heavy (non-hydrogen) atoms. The molecule has 116 valence electrons. The van der Waals surface area contributed by atoms with E-state index in [9.17, 15) is 8.42 Å². The Balaban J connectivity index is 1.77. The molecule has 5 nitrogen and oxygen atoms in total. The molecule has 0 radical (unpaired) electrons. The number of hydrogen-bond acceptors (Lipinski definition) is 4. The third kappa shape index (κ3) is 2.89. The molecule has 2 unspecified atom stereocenters. The van der Waals surface area contributed by atoms with Crippen LogP contribution in [0.15, 0.2) is 0 Å². The van der Waals surface area contributed by atoms with Gasteiger partial charge in [-0.05, 0) is 45.1 Å². The minimum Gasteiger partial charge on any atom is -0.381 e. The summed E-state index contributed by atoms with van der Waals surface area (Å²) in [5, 5.41) is 3.28.